The van der Waals surface area contributed by atoms with Crippen LogP contribution in [-0.2, 0) is 16.2 Å². The fourth-order valence-corrected chi connectivity index (χ4v) is 3.86. The highest BCUT2D eigenvalue weighted by molar-refractivity contribution is 7.89. The number of benzene rings is 3. The summed E-state index contributed by atoms with van der Waals surface area (Å²) in [5.74, 6) is 0.527. The second kappa shape index (κ2) is 7.47. The third-order valence-corrected chi connectivity index (χ3v) is 5.75. The molecule has 1 aliphatic heterocycles. The van der Waals surface area contributed by atoms with Gasteiger partial charge >= 0.3 is 6.18 Å². The smallest absolute Gasteiger partial charge is 0.419 e. The molecule has 0 saturated carbocycles. The molecule has 0 aromatic heterocycles. The van der Waals surface area contributed by atoms with Crippen molar-refractivity contribution >= 4 is 10.0 Å². The van der Waals surface area contributed by atoms with Gasteiger partial charge in [-0.25, -0.2) is 13.6 Å². The predicted octanol–water partition coefficient (Wildman–Crippen LogP) is 4.42. The van der Waals surface area contributed by atoms with Gasteiger partial charge in [0.15, 0.2) is 11.5 Å². The summed E-state index contributed by atoms with van der Waals surface area (Å²) in [6, 6.07) is 12.7. The van der Waals surface area contributed by atoms with E-state index in [0.717, 1.165) is 6.07 Å². The molecule has 6 nitrogen and oxygen atoms in total. The first-order valence-corrected chi connectivity index (χ1v) is 10.4. The molecular formula is C21H16F3NO5S. The van der Waals surface area contributed by atoms with E-state index >= 15 is 0 Å². The van der Waals surface area contributed by atoms with Gasteiger partial charge in [0.25, 0.3) is 0 Å². The van der Waals surface area contributed by atoms with Crippen molar-refractivity contribution in [3.63, 3.8) is 0 Å². The van der Waals surface area contributed by atoms with Crippen molar-refractivity contribution in [1.29, 1.82) is 0 Å². The van der Waals surface area contributed by atoms with E-state index in [1.165, 1.54) is 43.5 Å². The predicted molar refractivity (Wildman–Crippen MR) is 106 cm³/mol. The lowest BCUT2D eigenvalue weighted by Gasteiger charge is -2.16. The molecule has 3 aromatic rings. The maximum absolute atomic E-state index is 13.5. The Kier molecular flexibility index (Phi) is 5.06. The van der Waals surface area contributed by atoms with Crippen LogP contribution in [0.1, 0.15) is 5.56 Å². The summed E-state index contributed by atoms with van der Waals surface area (Å²) >= 11 is 0. The van der Waals surface area contributed by atoms with E-state index in [0.29, 0.717) is 28.2 Å². The summed E-state index contributed by atoms with van der Waals surface area (Å²) in [4.78, 5) is -0.0812. The van der Waals surface area contributed by atoms with Crippen molar-refractivity contribution in [2.75, 3.05) is 13.9 Å². The van der Waals surface area contributed by atoms with Gasteiger partial charge in [-0.05, 0) is 58.7 Å². The Morgan fingerprint density at radius 1 is 0.903 bits per heavy atom. The average Bonchev–Trinajstić information content (AvgIpc) is 3.19. The van der Waals surface area contributed by atoms with Gasteiger partial charge in [0.05, 0.1) is 17.6 Å². The summed E-state index contributed by atoms with van der Waals surface area (Å²) in [5.41, 5.74) is 0.895. The van der Waals surface area contributed by atoms with E-state index in [1.54, 1.807) is 12.1 Å². The molecule has 10 heteroatoms. The molecule has 162 valence electrons. The molecule has 0 amide bonds. The highest BCUT2D eigenvalue weighted by Gasteiger charge is 2.35. The minimum Gasteiger partial charge on any atom is -0.496 e. The van der Waals surface area contributed by atoms with Gasteiger partial charge < -0.3 is 14.2 Å². The molecule has 3 aromatic carbocycles. The number of hydrogen-bond acceptors (Lipinski definition) is 5. The van der Waals surface area contributed by atoms with E-state index in [1.807, 2.05) is 0 Å². The first-order chi connectivity index (χ1) is 14.6. The zero-order chi connectivity index (χ0) is 22.4. The lowest BCUT2D eigenvalue weighted by atomic mass is 9.92. The molecule has 0 unspecified atom stereocenters. The van der Waals surface area contributed by atoms with Gasteiger partial charge in [-0.15, -0.1) is 0 Å². The first kappa shape index (κ1) is 21.0. The Morgan fingerprint density at radius 3 is 1.97 bits per heavy atom. The average molecular weight is 451 g/mol. The Bertz CT molecular complexity index is 1260. The van der Waals surface area contributed by atoms with Crippen LogP contribution in [0.5, 0.6) is 17.2 Å². The summed E-state index contributed by atoms with van der Waals surface area (Å²) < 4.78 is 79.3. The van der Waals surface area contributed by atoms with Crippen LogP contribution in [0.3, 0.4) is 0 Å². The van der Waals surface area contributed by atoms with Crippen molar-refractivity contribution in [3.8, 4) is 39.5 Å². The minimum atomic E-state index is -4.62. The van der Waals surface area contributed by atoms with Gasteiger partial charge in [-0.1, -0.05) is 18.2 Å². The Hall–Kier alpha value is -3.24. The Balaban J connectivity index is 1.91. The molecule has 0 bridgehead atoms. The molecule has 0 aliphatic carbocycles. The van der Waals surface area contributed by atoms with Gasteiger partial charge in [-0.2, -0.15) is 13.2 Å². The minimum absolute atomic E-state index is 0.0149. The summed E-state index contributed by atoms with van der Waals surface area (Å²) in [6.07, 6.45) is -4.62. The van der Waals surface area contributed by atoms with Gasteiger partial charge in [-0.3, -0.25) is 0 Å². The fourth-order valence-electron chi connectivity index (χ4n) is 3.34. The van der Waals surface area contributed by atoms with Crippen LogP contribution in [0.2, 0.25) is 0 Å². The van der Waals surface area contributed by atoms with Gasteiger partial charge in [0, 0.05) is 0 Å². The lowest BCUT2D eigenvalue weighted by Crippen LogP contribution is -2.11. The van der Waals surface area contributed by atoms with Crippen LogP contribution in [-0.4, -0.2) is 22.3 Å². The Labute approximate surface area is 176 Å². The van der Waals surface area contributed by atoms with E-state index in [9.17, 15) is 21.6 Å². The fraction of sp³-hybridized carbons (Fsp3) is 0.143. The van der Waals surface area contributed by atoms with Crippen molar-refractivity contribution < 1.29 is 35.8 Å². The highest BCUT2D eigenvalue weighted by atomic mass is 32.2. The highest BCUT2D eigenvalue weighted by Crippen LogP contribution is 2.45. The SMILES string of the molecule is COc1ccc(-c2cc3c(cc2-c2ccc(S(N)(=O)=O)cc2)OCO3)cc1C(F)(F)F. The zero-order valence-electron chi connectivity index (χ0n) is 16.1. The largest absolute Gasteiger partial charge is 0.496 e. The van der Waals surface area contributed by atoms with E-state index in [-0.39, 0.29) is 23.0 Å². The number of nitrogens with two attached hydrogens (primary N) is 1. The number of alkyl halides is 3. The number of fused-ring (bicyclic) bond motifs is 1. The van der Waals surface area contributed by atoms with Crippen molar-refractivity contribution in [1.82, 2.24) is 0 Å². The molecule has 1 heterocycles. The van der Waals surface area contributed by atoms with Crippen LogP contribution >= 0.6 is 0 Å². The molecule has 31 heavy (non-hydrogen) atoms. The number of rotatable bonds is 4. The molecule has 0 radical (unpaired) electrons. The van der Waals surface area contributed by atoms with E-state index in [4.69, 9.17) is 19.3 Å². The maximum Gasteiger partial charge on any atom is 0.419 e. The lowest BCUT2D eigenvalue weighted by molar-refractivity contribution is -0.138. The third kappa shape index (κ3) is 4.04. The summed E-state index contributed by atoms with van der Waals surface area (Å²) in [7, 11) is -2.72. The number of methoxy groups -OCH3 is 1. The number of ether oxygens (including phenoxy) is 3. The molecule has 0 fully saturated rings. The van der Waals surface area contributed by atoms with Crippen LogP contribution < -0.4 is 19.3 Å². The quantitative estimate of drug-likeness (QED) is 0.634. The van der Waals surface area contributed by atoms with Crippen LogP contribution in [0.15, 0.2) is 59.5 Å². The monoisotopic (exact) mass is 451 g/mol. The molecule has 0 saturated heterocycles. The van der Waals surface area contributed by atoms with Crippen LogP contribution in [0.4, 0.5) is 13.2 Å². The van der Waals surface area contributed by atoms with Gasteiger partial charge in [0.1, 0.15) is 5.75 Å². The molecule has 1 aliphatic rings. The summed E-state index contributed by atoms with van der Waals surface area (Å²) in [6.45, 7) is -0.0149. The number of halogens is 3. The van der Waals surface area contributed by atoms with E-state index < -0.39 is 21.8 Å². The van der Waals surface area contributed by atoms with Crippen molar-refractivity contribution in [3.05, 3.63) is 60.2 Å². The Morgan fingerprint density at radius 2 is 1.45 bits per heavy atom. The number of hydrogen-bond donors (Lipinski definition) is 1. The van der Waals surface area contributed by atoms with E-state index in [2.05, 4.69) is 0 Å². The standard InChI is InChI=1S/C21H16F3NO5S/c1-28-18-7-4-13(8-17(18)21(22,23)24)16-10-20-19(29-11-30-20)9-15(16)12-2-5-14(6-3-12)31(25,26)27/h2-10H,11H2,1H3,(H2,25,26,27). The second-order valence-electron chi connectivity index (χ2n) is 6.73. The van der Waals surface area contributed by atoms with Crippen LogP contribution in [0, 0.1) is 0 Å². The van der Waals surface area contributed by atoms with Gasteiger partial charge in [0.2, 0.25) is 16.8 Å². The molecule has 4 rings (SSSR count). The zero-order valence-corrected chi connectivity index (χ0v) is 16.9. The number of sulfonamides is 1. The molecular weight excluding hydrogens is 435 g/mol. The first-order valence-electron chi connectivity index (χ1n) is 8.90. The molecule has 0 atom stereocenters. The normalized spacial score (nSPS) is 13.3. The van der Waals surface area contributed by atoms with Crippen molar-refractivity contribution in [2.45, 2.75) is 11.1 Å². The van der Waals surface area contributed by atoms with Crippen molar-refractivity contribution in [2.24, 2.45) is 5.14 Å². The van der Waals surface area contributed by atoms with Crippen LogP contribution in [0.25, 0.3) is 22.3 Å². The topological polar surface area (TPSA) is 87.9 Å². The third-order valence-electron chi connectivity index (χ3n) is 4.82. The maximum atomic E-state index is 13.5. The molecule has 0 spiro atoms. The molecule has 2 N–H and O–H groups in total. The number of primary sulfonamides is 1. The summed E-state index contributed by atoms with van der Waals surface area (Å²) in [5, 5.41) is 5.14. The second-order valence-corrected chi connectivity index (χ2v) is 8.29.